The number of nitrogens with one attached hydrogen (secondary N) is 1. The molecule has 1 rings (SSSR count). The molecule has 4 nitrogen and oxygen atoms in total. The van der Waals surface area contributed by atoms with E-state index in [1.165, 1.54) is 5.56 Å². The van der Waals surface area contributed by atoms with Crippen molar-refractivity contribution in [2.45, 2.75) is 20.4 Å². The number of anilines is 1. The Morgan fingerprint density at radius 3 is 2.45 bits per heavy atom. The smallest absolute Gasteiger partial charge is 0.0637 e. The van der Waals surface area contributed by atoms with E-state index in [1.807, 2.05) is 0 Å². The number of hydrogen-bond donors (Lipinski definition) is 2. The Hall–Kier alpha value is -1.10. The summed E-state index contributed by atoms with van der Waals surface area (Å²) < 4.78 is 5.11. The molecule has 20 heavy (non-hydrogen) atoms. The van der Waals surface area contributed by atoms with Gasteiger partial charge in [0, 0.05) is 32.4 Å². The van der Waals surface area contributed by atoms with Gasteiger partial charge in [-0.05, 0) is 30.2 Å². The van der Waals surface area contributed by atoms with E-state index in [-0.39, 0.29) is 6.61 Å². The summed E-state index contributed by atoms with van der Waals surface area (Å²) in [6, 6.07) is 8.50. The SMILES string of the molecule is COCCN(CCO)c1ccc(CNCC(C)C)cc1. The summed E-state index contributed by atoms with van der Waals surface area (Å²) in [5.74, 6) is 0.670. The molecule has 1 aromatic rings. The zero-order chi connectivity index (χ0) is 14.8. The molecule has 1 aromatic carbocycles. The lowest BCUT2D eigenvalue weighted by molar-refractivity contribution is 0.203. The normalized spacial score (nSPS) is 11.1. The van der Waals surface area contributed by atoms with Crippen molar-refractivity contribution in [3.63, 3.8) is 0 Å². The van der Waals surface area contributed by atoms with Crippen LogP contribution in [0.1, 0.15) is 19.4 Å². The van der Waals surface area contributed by atoms with E-state index >= 15 is 0 Å². The summed E-state index contributed by atoms with van der Waals surface area (Å²) in [5, 5.41) is 12.6. The molecular weight excluding hydrogens is 252 g/mol. The first kappa shape index (κ1) is 17.0. The van der Waals surface area contributed by atoms with Gasteiger partial charge in [0.25, 0.3) is 0 Å². The van der Waals surface area contributed by atoms with Crippen LogP contribution >= 0.6 is 0 Å². The van der Waals surface area contributed by atoms with E-state index in [4.69, 9.17) is 9.84 Å². The quantitative estimate of drug-likeness (QED) is 0.687. The Bertz CT molecular complexity index is 352. The predicted molar refractivity (Wildman–Crippen MR) is 84.2 cm³/mol. The Balaban J connectivity index is 2.53. The van der Waals surface area contributed by atoms with Crippen LogP contribution in [-0.4, -0.2) is 45.1 Å². The summed E-state index contributed by atoms with van der Waals surface area (Å²) in [4.78, 5) is 2.13. The second kappa shape index (κ2) is 9.75. The molecule has 0 radical (unpaired) electrons. The molecular formula is C16H28N2O2. The first-order chi connectivity index (χ1) is 9.67. The Morgan fingerprint density at radius 2 is 1.90 bits per heavy atom. The molecule has 0 bridgehead atoms. The van der Waals surface area contributed by atoms with Crippen molar-refractivity contribution in [1.29, 1.82) is 0 Å². The van der Waals surface area contributed by atoms with Gasteiger partial charge in [0.2, 0.25) is 0 Å². The van der Waals surface area contributed by atoms with Crippen molar-refractivity contribution in [1.82, 2.24) is 5.32 Å². The molecule has 0 aromatic heterocycles. The summed E-state index contributed by atoms with van der Waals surface area (Å²) in [5.41, 5.74) is 2.41. The zero-order valence-electron chi connectivity index (χ0n) is 12.9. The molecule has 0 aliphatic rings. The molecule has 0 saturated carbocycles. The Morgan fingerprint density at radius 1 is 1.20 bits per heavy atom. The molecule has 4 heteroatoms. The van der Waals surface area contributed by atoms with Gasteiger partial charge in [-0.25, -0.2) is 0 Å². The number of nitrogens with zero attached hydrogens (tertiary/aromatic N) is 1. The fraction of sp³-hybridized carbons (Fsp3) is 0.625. The topological polar surface area (TPSA) is 44.7 Å². The van der Waals surface area contributed by atoms with Crippen LogP contribution in [0.15, 0.2) is 24.3 Å². The van der Waals surface area contributed by atoms with E-state index in [2.05, 4.69) is 48.3 Å². The van der Waals surface area contributed by atoms with Crippen LogP contribution in [0.5, 0.6) is 0 Å². The predicted octanol–water partition coefficient (Wildman–Crippen LogP) is 1.88. The van der Waals surface area contributed by atoms with E-state index in [9.17, 15) is 0 Å². The maximum absolute atomic E-state index is 9.13. The van der Waals surface area contributed by atoms with E-state index in [1.54, 1.807) is 7.11 Å². The number of methoxy groups -OCH3 is 1. The molecule has 0 saturated heterocycles. The third-order valence-electron chi connectivity index (χ3n) is 3.12. The third-order valence-corrected chi connectivity index (χ3v) is 3.12. The van der Waals surface area contributed by atoms with Gasteiger partial charge < -0.3 is 20.1 Å². The van der Waals surface area contributed by atoms with Crippen molar-refractivity contribution in [3.05, 3.63) is 29.8 Å². The van der Waals surface area contributed by atoms with Crippen LogP contribution < -0.4 is 10.2 Å². The van der Waals surface area contributed by atoms with Gasteiger partial charge in [0.05, 0.1) is 13.2 Å². The Labute approximate surface area is 122 Å². The molecule has 0 spiro atoms. The lowest BCUT2D eigenvalue weighted by atomic mass is 10.1. The highest BCUT2D eigenvalue weighted by Crippen LogP contribution is 2.15. The van der Waals surface area contributed by atoms with Gasteiger partial charge >= 0.3 is 0 Å². The van der Waals surface area contributed by atoms with Crippen molar-refractivity contribution < 1.29 is 9.84 Å². The van der Waals surface area contributed by atoms with Crippen molar-refractivity contribution in [2.75, 3.05) is 44.9 Å². The highest BCUT2D eigenvalue weighted by molar-refractivity contribution is 5.47. The molecule has 0 heterocycles. The van der Waals surface area contributed by atoms with Crippen LogP contribution in [-0.2, 0) is 11.3 Å². The molecule has 0 unspecified atom stereocenters. The molecule has 0 aliphatic carbocycles. The molecule has 114 valence electrons. The molecule has 2 N–H and O–H groups in total. The largest absolute Gasteiger partial charge is 0.395 e. The fourth-order valence-corrected chi connectivity index (χ4v) is 2.02. The van der Waals surface area contributed by atoms with Gasteiger partial charge in [-0.15, -0.1) is 0 Å². The average molecular weight is 280 g/mol. The summed E-state index contributed by atoms with van der Waals surface area (Å²) in [6.45, 7) is 8.59. The monoisotopic (exact) mass is 280 g/mol. The maximum atomic E-state index is 9.13. The van der Waals surface area contributed by atoms with Crippen LogP contribution in [0.2, 0.25) is 0 Å². The second-order valence-electron chi connectivity index (χ2n) is 5.39. The molecule has 0 amide bonds. The van der Waals surface area contributed by atoms with Gasteiger partial charge in [0.1, 0.15) is 0 Å². The fourth-order valence-electron chi connectivity index (χ4n) is 2.02. The first-order valence-corrected chi connectivity index (χ1v) is 7.31. The van der Waals surface area contributed by atoms with Crippen molar-refractivity contribution >= 4 is 5.69 Å². The number of benzene rings is 1. The van der Waals surface area contributed by atoms with E-state index in [0.717, 1.165) is 25.3 Å². The highest BCUT2D eigenvalue weighted by Gasteiger charge is 2.05. The van der Waals surface area contributed by atoms with Gasteiger partial charge in [0.15, 0.2) is 0 Å². The van der Waals surface area contributed by atoms with Crippen LogP contribution in [0, 0.1) is 5.92 Å². The minimum Gasteiger partial charge on any atom is -0.395 e. The van der Waals surface area contributed by atoms with E-state index in [0.29, 0.717) is 19.1 Å². The average Bonchev–Trinajstić information content (AvgIpc) is 2.44. The highest BCUT2D eigenvalue weighted by atomic mass is 16.5. The zero-order valence-corrected chi connectivity index (χ0v) is 12.9. The minimum atomic E-state index is 0.154. The van der Waals surface area contributed by atoms with Gasteiger partial charge in [-0.1, -0.05) is 26.0 Å². The number of ether oxygens (including phenoxy) is 1. The van der Waals surface area contributed by atoms with Crippen molar-refractivity contribution in [3.8, 4) is 0 Å². The molecule has 0 fully saturated rings. The number of aliphatic hydroxyl groups excluding tert-OH is 1. The van der Waals surface area contributed by atoms with Gasteiger partial charge in [-0.2, -0.15) is 0 Å². The number of hydrogen-bond acceptors (Lipinski definition) is 4. The molecule has 0 atom stereocenters. The first-order valence-electron chi connectivity index (χ1n) is 7.31. The summed E-state index contributed by atoms with van der Waals surface area (Å²) >= 11 is 0. The minimum absolute atomic E-state index is 0.154. The van der Waals surface area contributed by atoms with Crippen molar-refractivity contribution in [2.24, 2.45) is 5.92 Å². The second-order valence-corrected chi connectivity index (χ2v) is 5.39. The standard InChI is InChI=1S/C16H28N2O2/c1-14(2)12-17-13-15-4-6-16(7-5-15)18(8-10-19)9-11-20-3/h4-7,14,17,19H,8-13H2,1-3H3. The lowest BCUT2D eigenvalue weighted by Gasteiger charge is -2.23. The van der Waals surface area contributed by atoms with Crippen LogP contribution in [0.25, 0.3) is 0 Å². The number of rotatable bonds is 10. The maximum Gasteiger partial charge on any atom is 0.0637 e. The molecule has 0 aliphatic heterocycles. The van der Waals surface area contributed by atoms with Gasteiger partial charge in [-0.3, -0.25) is 0 Å². The van der Waals surface area contributed by atoms with Crippen LogP contribution in [0.4, 0.5) is 5.69 Å². The summed E-state index contributed by atoms with van der Waals surface area (Å²) in [6.07, 6.45) is 0. The summed E-state index contributed by atoms with van der Waals surface area (Å²) in [7, 11) is 1.70. The lowest BCUT2D eigenvalue weighted by Crippen LogP contribution is -2.30. The Kier molecular flexibility index (Phi) is 8.26. The van der Waals surface area contributed by atoms with Crippen LogP contribution in [0.3, 0.4) is 0 Å². The van der Waals surface area contributed by atoms with E-state index < -0.39 is 0 Å². The number of aliphatic hydroxyl groups is 1. The third kappa shape index (κ3) is 6.37.